The van der Waals surface area contributed by atoms with Gasteiger partial charge in [0.25, 0.3) is 0 Å². The minimum Gasteiger partial charge on any atom is -0.380 e. The highest BCUT2D eigenvalue weighted by Crippen LogP contribution is 2.55. The third-order valence-electron chi connectivity index (χ3n) is 4.33. The molecule has 0 fully saturated rings. The van der Waals surface area contributed by atoms with E-state index in [1.807, 2.05) is 104 Å². The van der Waals surface area contributed by atoms with Crippen LogP contribution < -0.4 is 15.5 Å². The summed E-state index contributed by atoms with van der Waals surface area (Å²) in [4.78, 5) is 1.99. The van der Waals surface area contributed by atoms with Gasteiger partial charge in [-0.2, -0.15) is 0 Å². The predicted octanol–water partition coefficient (Wildman–Crippen LogP) is 3.76. The van der Waals surface area contributed by atoms with Crippen molar-refractivity contribution in [2.24, 2.45) is 0 Å². The van der Waals surface area contributed by atoms with Crippen LogP contribution in [-0.2, 0) is 4.57 Å². The van der Waals surface area contributed by atoms with Crippen LogP contribution in [-0.4, -0.2) is 19.2 Å². The Bertz CT molecular complexity index is 818. The van der Waals surface area contributed by atoms with Crippen LogP contribution in [0.3, 0.4) is 0 Å². The zero-order chi connectivity index (χ0) is 17.9. The molecule has 3 aromatic carbocycles. The highest BCUT2D eigenvalue weighted by Gasteiger charge is 2.36. The fourth-order valence-corrected chi connectivity index (χ4v) is 5.57. The summed E-state index contributed by atoms with van der Waals surface area (Å²) in [7, 11) is 0.691. The van der Waals surface area contributed by atoms with Crippen molar-refractivity contribution in [3.05, 3.63) is 90.5 Å². The first-order chi connectivity index (χ1) is 12.0. The van der Waals surface area contributed by atoms with Crippen molar-refractivity contribution >= 4 is 23.4 Å². The van der Waals surface area contributed by atoms with Gasteiger partial charge in [0.05, 0.1) is 0 Å². The molecule has 128 valence electrons. The second-order valence-electron chi connectivity index (χ2n) is 6.19. The minimum atomic E-state index is -3.23. The zero-order valence-corrected chi connectivity index (χ0v) is 15.3. The van der Waals surface area contributed by atoms with E-state index in [2.05, 4.69) is 0 Å². The normalized spacial score (nSPS) is 12.6. The lowest BCUT2D eigenvalue weighted by Crippen LogP contribution is -2.21. The van der Waals surface area contributed by atoms with Gasteiger partial charge in [-0.25, -0.2) is 0 Å². The van der Waals surface area contributed by atoms with Gasteiger partial charge in [0.1, 0.15) is 5.85 Å². The maximum Gasteiger partial charge on any atom is 0.174 e. The topological polar surface area (TPSA) is 40.5 Å². The van der Waals surface area contributed by atoms with Crippen LogP contribution in [0.15, 0.2) is 84.9 Å². The highest BCUT2D eigenvalue weighted by molar-refractivity contribution is 7.78. The molecule has 3 aromatic rings. The Morgan fingerprint density at radius 1 is 0.760 bits per heavy atom. The van der Waals surface area contributed by atoms with E-state index in [4.69, 9.17) is 0 Å². The van der Waals surface area contributed by atoms with Gasteiger partial charge in [-0.05, 0) is 17.7 Å². The fraction of sp³-hybridized carbons (Fsp3) is 0.143. The second kappa shape index (κ2) is 7.26. The average molecular weight is 351 g/mol. The van der Waals surface area contributed by atoms with Crippen molar-refractivity contribution in [3.8, 4) is 0 Å². The Morgan fingerprint density at radius 2 is 1.20 bits per heavy atom. The molecule has 1 atom stereocenters. The Labute approximate surface area is 148 Å². The van der Waals surface area contributed by atoms with Crippen LogP contribution in [0.25, 0.3) is 0 Å². The van der Waals surface area contributed by atoms with E-state index >= 15 is 0 Å². The maximum absolute atomic E-state index is 14.1. The van der Waals surface area contributed by atoms with E-state index in [9.17, 15) is 9.67 Å². The summed E-state index contributed by atoms with van der Waals surface area (Å²) in [5, 5.41) is 12.4. The lowest BCUT2D eigenvalue weighted by molar-refractivity contribution is 0.257. The first-order valence-electron chi connectivity index (χ1n) is 8.20. The Kier molecular flexibility index (Phi) is 5.08. The molecular formula is C21H22NO2P. The lowest BCUT2D eigenvalue weighted by Gasteiger charge is -2.25. The Morgan fingerprint density at radius 3 is 1.60 bits per heavy atom. The first-order valence-corrected chi connectivity index (χ1v) is 9.97. The van der Waals surface area contributed by atoms with Gasteiger partial charge in [-0.1, -0.05) is 72.8 Å². The third-order valence-corrected chi connectivity index (χ3v) is 7.45. The Balaban J connectivity index is 2.10. The molecular weight excluding hydrogens is 329 g/mol. The van der Waals surface area contributed by atoms with Gasteiger partial charge in [0, 0.05) is 30.4 Å². The van der Waals surface area contributed by atoms with Crippen molar-refractivity contribution in [2.75, 3.05) is 19.0 Å². The van der Waals surface area contributed by atoms with Crippen molar-refractivity contribution in [1.82, 2.24) is 0 Å². The quantitative estimate of drug-likeness (QED) is 0.712. The summed E-state index contributed by atoms with van der Waals surface area (Å²) in [6.45, 7) is 0. The van der Waals surface area contributed by atoms with Crippen LogP contribution >= 0.6 is 7.14 Å². The smallest absolute Gasteiger partial charge is 0.174 e. The Hall–Kier alpha value is -2.35. The summed E-state index contributed by atoms with van der Waals surface area (Å²) in [5.74, 6) is -1.09. The standard InChI is InChI=1S/C21H22NO2P/c1-22(2)18-15-13-17(14-16-18)21(23)25(24,19-9-5-3-6-10-19)20-11-7-4-8-12-20/h3-16,21,23H,1-2H3/t21-/m0/s1. The average Bonchev–Trinajstić information content (AvgIpc) is 2.68. The molecule has 0 bridgehead atoms. The van der Waals surface area contributed by atoms with Gasteiger partial charge in [-0.3, -0.25) is 0 Å². The number of hydrogen-bond acceptors (Lipinski definition) is 3. The van der Waals surface area contributed by atoms with Gasteiger partial charge in [0.2, 0.25) is 0 Å². The largest absolute Gasteiger partial charge is 0.380 e. The zero-order valence-electron chi connectivity index (χ0n) is 14.4. The molecule has 0 heterocycles. The molecule has 0 saturated heterocycles. The van der Waals surface area contributed by atoms with Crippen LogP contribution in [0.4, 0.5) is 5.69 Å². The third kappa shape index (κ3) is 3.39. The molecule has 25 heavy (non-hydrogen) atoms. The van der Waals surface area contributed by atoms with E-state index in [0.29, 0.717) is 16.2 Å². The molecule has 3 nitrogen and oxygen atoms in total. The monoisotopic (exact) mass is 351 g/mol. The summed E-state index contributed by atoms with van der Waals surface area (Å²) in [6, 6.07) is 26.0. The second-order valence-corrected chi connectivity index (χ2v) is 9.03. The van der Waals surface area contributed by atoms with Gasteiger partial charge >= 0.3 is 0 Å². The number of anilines is 1. The molecule has 0 aliphatic rings. The molecule has 4 heteroatoms. The van der Waals surface area contributed by atoms with Crippen LogP contribution in [0.5, 0.6) is 0 Å². The fourth-order valence-electron chi connectivity index (χ4n) is 2.88. The summed E-state index contributed by atoms with van der Waals surface area (Å²) in [6.07, 6.45) is 0. The van der Waals surface area contributed by atoms with Crippen LogP contribution in [0.1, 0.15) is 11.4 Å². The van der Waals surface area contributed by atoms with E-state index in [0.717, 1.165) is 5.69 Å². The molecule has 3 rings (SSSR count). The molecule has 0 aliphatic heterocycles. The van der Waals surface area contributed by atoms with Crippen LogP contribution in [0, 0.1) is 0 Å². The number of aliphatic hydroxyl groups excluding tert-OH is 1. The van der Waals surface area contributed by atoms with Gasteiger partial charge in [-0.15, -0.1) is 0 Å². The number of aliphatic hydroxyl groups is 1. The molecule has 0 saturated carbocycles. The van der Waals surface area contributed by atoms with Crippen molar-refractivity contribution in [2.45, 2.75) is 5.85 Å². The number of hydrogen-bond donors (Lipinski definition) is 1. The summed E-state index contributed by atoms with van der Waals surface area (Å²) < 4.78 is 14.1. The summed E-state index contributed by atoms with van der Waals surface area (Å²) in [5.41, 5.74) is 1.69. The minimum absolute atomic E-state index is 0.654. The van der Waals surface area contributed by atoms with E-state index in [1.54, 1.807) is 0 Å². The number of rotatable bonds is 5. The molecule has 0 amide bonds. The molecule has 0 unspecified atom stereocenters. The van der Waals surface area contributed by atoms with E-state index in [1.165, 1.54) is 0 Å². The molecule has 0 aliphatic carbocycles. The van der Waals surface area contributed by atoms with Gasteiger partial charge in [0.15, 0.2) is 7.14 Å². The molecule has 0 radical (unpaired) electrons. The molecule has 0 aromatic heterocycles. The lowest BCUT2D eigenvalue weighted by atomic mass is 10.2. The van der Waals surface area contributed by atoms with Gasteiger partial charge < -0.3 is 14.6 Å². The SMILES string of the molecule is CN(C)c1ccc([C@@H](O)P(=O)(c2ccccc2)c2ccccc2)cc1. The van der Waals surface area contributed by atoms with Crippen molar-refractivity contribution in [1.29, 1.82) is 0 Å². The van der Waals surface area contributed by atoms with Crippen LogP contribution in [0.2, 0.25) is 0 Å². The first kappa shape index (κ1) is 17.5. The maximum atomic E-state index is 14.1. The number of benzene rings is 3. The summed E-state index contributed by atoms with van der Waals surface area (Å²) >= 11 is 0. The molecule has 1 N–H and O–H groups in total. The highest BCUT2D eigenvalue weighted by atomic mass is 31.2. The van der Waals surface area contributed by atoms with Crippen molar-refractivity contribution < 1.29 is 9.67 Å². The predicted molar refractivity (Wildman–Crippen MR) is 105 cm³/mol. The number of nitrogens with zero attached hydrogens (tertiary/aromatic N) is 1. The van der Waals surface area contributed by atoms with E-state index in [-0.39, 0.29) is 0 Å². The molecule has 0 spiro atoms. The van der Waals surface area contributed by atoms with E-state index < -0.39 is 13.0 Å². The van der Waals surface area contributed by atoms with Crippen molar-refractivity contribution in [3.63, 3.8) is 0 Å².